The van der Waals surface area contributed by atoms with Gasteiger partial charge in [0, 0.05) is 25.7 Å². The molecule has 1 atom stereocenters. The van der Waals surface area contributed by atoms with Crippen molar-refractivity contribution in [3.8, 4) is 0 Å². The average Bonchev–Trinajstić information content (AvgIpc) is 2.98. The van der Waals surface area contributed by atoms with Gasteiger partial charge in [-0.15, -0.1) is 12.4 Å². The molecule has 0 radical (unpaired) electrons. The molecule has 2 heterocycles. The molecule has 1 fully saturated rings. The molecule has 0 bridgehead atoms. The molecule has 7 heteroatoms. The first kappa shape index (κ1) is 18.3. The summed E-state index contributed by atoms with van der Waals surface area (Å²) in [5.41, 5.74) is 2.07. The first-order valence-electron chi connectivity index (χ1n) is 7.15. The van der Waals surface area contributed by atoms with E-state index in [4.69, 9.17) is 23.2 Å². The van der Waals surface area contributed by atoms with Crippen molar-refractivity contribution < 1.29 is 4.39 Å². The Kier molecular flexibility index (Phi) is 6.48. The Morgan fingerprint density at radius 2 is 2.04 bits per heavy atom. The van der Waals surface area contributed by atoms with Gasteiger partial charge >= 0.3 is 0 Å². The molecule has 1 aromatic heterocycles. The van der Waals surface area contributed by atoms with E-state index in [0.717, 1.165) is 37.3 Å². The predicted molar refractivity (Wildman–Crippen MR) is 95.4 cm³/mol. The predicted octanol–water partition coefficient (Wildman–Crippen LogP) is 4.32. The van der Waals surface area contributed by atoms with Crippen LogP contribution in [0.4, 0.5) is 10.1 Å². The molecule has 0 amide bonds. The molecule has 124 valence electrons. The largest absolute Gasteiger partial charge is 0.369 e. The van der Waals surface area contributed by atoms with Crippen molar-refractivity contribution in [3.05, 3.63) is 58.1 Å². The zero-order valence-corrected chi connectivity index (χ0v) is 14.6. The zero-order chi connectivity index (χ0) is 15.5. The lowest BCUT2D eigenvalue weighted by Crippen LogP contribution is -2.32. The monoisotopic (exact) mass is 375 g/mol. The van der Waals surface area contributed by atoms with E-state index in [0.29, 0.717) is 16.1 Å². The number of pyridine rings is 1. The summed E-state index contributed by atoms with van der Waals surface area (Å²) in [6, 6.07) is 9.21. The third-order valence-corrected chi connectivity index (χ3v) is 4.58. The third kappa shape index (κ3) is 4.70. The van der Waals surface area contributed by atoms with Gasteiger partial charge in [0.25, 0.3) is 0 Å². The van der Waals surface area contributed by atoms with E-state index >= 15 is 0 Å². The smallest absolute Gasteiger partial charge is 0.212 e. The van der Waals surface area contributed by atoms with Gasteiger partial charge in [-0.1, -0.05) is 29.3 Å². The fraction of sp³-hybridized carbons (Fsp3) is 0.312. The van der Waals surface area contributed by atoms with E-state index in [1.807, 2.05) is 18.2 Å². The summed E-state index contributed by atoms with van der Waals surface area (Å²) in [6.45, 7) is 2.57. The molecular weight excluding hydrogens is 360 g/mol. The highest BCUT2D eigenvalue weighted by Crippen LogP contribution is 2.23. The van der Waals surface area contributed by atoms with E-state index in [1.165, 1.54) is 6.07 Å². The average molecular weight is 377 g/mol. The number of anilines is 1. The van der Waals surface area contributed by atoms with Crippen LogP contribution in [0.15, 0.2) is 36.5 Å². The van der Waals surface area contributed by atoms with Crippen molar-refractivity contribution in [1.82, 2.24) is 10.3 Å². The molecule has 1 unspecified atom stereocenters. The van der Waals surface area contributed by atoms with Crippen LogP contribution in [0.1, 0.15) is 12.0 Å². The van der Waals surface area contributed by atoms with Gasteiger partial charge in [-0.25, -0.2) is 4.98 Å². The van der Waals surface area contributed by atoms with Gasteiger partial charge < -0.3 is 10.2 Å². The molecule has 2 aromatic rings. The SMILES string of the molecule is Cl.Fc1ccc(N2CCC(NCc3ccc(Cl)c(Cl)c3)C2)cn1. The fourth-order valence-corrected chi connectivity index (χ4v) is 2.95. The van der Waals surface area contributed by atoms with Crippen LogP contribution in [-0.2, 0) is 6.54 Å². The van der Waals surface area contributed by atoms with Crippen molar-refractivity contribution in [1.29, 1.82) is 0 Å². The topological polar surface area (TPSA) is 28.2 Å². The summed E-state index contributed by atoms with van der Waals surface area (Å²) in [5, 5.41) is 4.66. The van der Waals surface area contributed by atoms with Crippen LogP contribution in [0.25, 0.3) is 0 Å². The third-order valence-electron chi connectivity index (χ3n) is 3.84. The molecular formula is C16H17Cl3FN3. The van der Waals surface area contributed by atoms with Gasteiger partial charge in [0.2, 0.25) is 5.95 Å². The lowest BCUT2D eigenvalue weighted by Gasteiger charge is -2.18. The Hall–Kier alpha value is -1.07. The second kappa shape index (κ2) is 8.15. The molecule has 3 rings (SSSR count). The summed E-state index contributed by atoms with van der Waals surface area (Å²) >= 11 is 11.9. The Labute approximate surface area is 151 Å². The summed E-state index contributed by atoms with van der Waals surface area (Å²) in [5.74, 6) is -0.447. The maximum Gasteiger partial charge on any atom is 0.212 e. The van der Waals surface area contributed by atoms with E-state index in [1.54, 1.807) is 12.3 Å². The Bertz CT molecular complexity index is 652. The number of aromatic nitrogens is 1. The van der Waals surface area contributed by atoms with Crippen molar-refractivity contribution in [2.75, 3.05) is 18.0 Å². The van der Waals surface area contributed by atoms with Crippen molar-refractivity contribution in [2.45, 2.75) is 19.0 Å². The maximum atomic E-state index is 12.9. The van der Waals surface area contributed by atoms with Crippen LogP contribution in [0.3, 0.4) is 0 Å². The molecule has 3 nitrogen and oxygen atoms in total. The minimum atomic E-state index is -0.447. The highest BCUT2D eigenvalue weighted by atomic mass is 35.5. The standard InChI is InChI=1S/C16H16Cl2FN3.ClH/c17-14-3-1-11(7-15(14)18)8-20-12-5-6-22(10-12)13-2-4-16(19)21-9-13;/h1-4,7,9,12,20H,5-6,8,10H2;1H. The van der Waals surface area contributed by atoms with Crippen LogP contribution in [0.2, 0.25) is 10.0 Å². The second-order valence-corrected chi connectivity index (χ2v) is 6.21. The van der Waals surface area contributed by atoms with E-state index < -0.39 is 5.95 Å². The number of hydrogen-bond donors (Lipinski definition) is 1. The van der Waals surface area contributed by atoms with Crippen molar-refractivity contribution in [3.63, 3.8) is 0 Å². The summed E-state index contributed by atoms with van der Waals surface area (Å²) < 4.78 is 12.9. The first-order valence-corrected chi connectivity index (χ1v) is 7.91. The Morgan fingerprint density at radius 3 is 2.74 bits per heavy atom. The van der Waals surface area contributed by atoms with Crippen molar-refractivity contribution in [2.24, 2.45) is 0 Å². The van der Waals surface area contributed by atoms with E-state index in [2.05, 4.69) is 15.2 Å². The lowest BCUT2D eigenvalue weighted by atomic mass is 10.2. The van der Waals surface area contributed by atoms with Crippen LogP contribution >= 0.6 is 35.6 Å². The van der Waals surface area contributed by atoms with Gasteiger partial charge in [-0.2, -0.15) is 4.39 Å². The Balaban J connectivity index is 0.00000192. The minimum Gasteiger partial charge on any atom is -0.369 e. The molecule has 1 saturated heterocycles. The quantitative estimate of drug-likeness (QED) is 0.806. The highest BCUT2D eigenvalue weighted by Gasteiger charge is 2.22. The maximum absolute atomic E-state index is 12.9. The Morgan fingerprint density at radius 1 is 1.22 bits per heavy atom. The number of hydrogen-bond acceptors (Lipinski definition) is 3. The number of nitrogens with one attached hydrogen (secondary N) is 1. The second-order valence-electron chi connectivity index (χ2n) is 5.40. The normalized spacial score (nSPS) is 17.2. The van der Waals surface area contributed by atoms with Gasteiger partial charge in [0.1, 0.15) is 0 Å². The molecule has 23 heavy (non-hydrogen) atoms. The minimum absolute atomic E-state index is 0. The first-order chi connectivity index (χ1) is 10.6. The number of nitrogens with zero attached hydrogens (tertiary/aromatic N) is 2. The number of benzene rings is 1. The van der Waals surface area contributed by atoms with E-state index in [-0.39, 0.29) is 12.4 Å². The van der Waals surface area contributed by atoms with Crippen molar-refractivity contribution >= 4 is 41.3 Å². The van der Waals surface area contributed by atoms with Crippen LogP contribution in [0.5, 0.6) is 0 Å². The van der Waals surface area contributed by atoms with Crippen LogP contribution in [-0.4, -0.2) is 24.1 Å². The number of rotatable bonds is 4. The molecule has 0 saturated carbocycles. The summed E-state index contributed by atoms with van der Waals surface area (Å²) in [6.07, 6.45) is 2.62. The lowest BCUT2D eigenvalue weighted by molar-refractivity contribution is 0.551. The molecule has 1 aliphatic heterocycles. The zero-order valence-electron chi connectivity index (χ0n) is 12.3. The molecule has 1 aliphatic rings. The van der Waals surface area contributed by atoms with Gasteiger partial charge in [-0.05, 0) is 36.2 Å². The fourth-order valence-electron chi connectivity index (χ4n) is 2.63. The molecule has 1 N–H and O–H groups in total. The number of halogens is 4. The molecule has 1 aromatic carbocycles. The van der Waals surface area contributed by atoms with E-state index in [9.17, 15) is 4.39 Å². The summed E-state index contributed by atoms with van der Waals surface area (Å²) in [4.78, 5) is 5.91. The van der Waals surface area contributed by atoms with Gasteiger partial charge in [0.05, 0.1) is 21.9 Å². The van der Waals surface area contributed by atoms with Crippen LogP contribution in [0, 0.1) is 5.95 Å². The molecule has 0 aliphatic carbocycles. The van der Waals surface area contributed by atoms with Gasteiger partial charge in [0.15, 0.2) is 0 Å². The van der Waals surface area contributed by atoms with Gasteiger partial charge in [-0.3, -0.25) is 0 Å². The highest BCUT2D eigenvalue weighted by molar-refractivity contribution is 6.42. The van der Waals surface area contributed by atoms with Crippen LogP contribution < -0.4 is 10.2 Å². The molecule has 0 spiro atoms. The summed E-state index contributed by atoms with van der Waals surface area (Å²) in [7, 11) is 0.